The van der Waals surface area contributed by atoms with E-state index >= 15 is 0 Å². The highest BCUT2D eigenvalue weighted by molar-refractivity contribution is 6.92. The number of nitrogens with zero attached hydrogens (tertiary/aromatic N) is 2. The number of aryl methyl sites for hydroxylation is 3. The van der Waals surface area contributed by atoms with Gasteiger partial charge in [0.2, 0.25) is 5.52 Å². The molecular weight excluding hydrogens is 435 g/mol. The van der Waals surface area contributed by atoms with Gasteiger partial charge < -0.3 is 4.40 Å². The summed E-state index contributed by atoms with van der Waals surface area (Å²) in [7, 11) is 0.542. The van der Waals surface area contributed by atoms with Gasteiger partial charge in [-0.2, -0.15) is 0 Å². The maximum absolute atomic E-state index is 14.6. The van der Waals surface area contributed by atoms with Crippen molar-refractivity contribution in [2.75, 3.05) is 0 Å². The molecule has 6 rings (SSSR count). The van der Waals surface area contributed by atoms with Crippen LogP contribution in [-0.2, 0) is 7.05 Å². The van der Waals surface area contributed by atoms with Gasteiger partial charge in [-0.15, -0.1) is 0 Å². The average molecular weight is 468 g/mol. The van der Waals surface area contributed by atoms with Crippen LogP contribution in [0.1, 0.15) is 31.9 Å². The van der Waals surface area contributed by atoms with Gasteiger partial charge in [0.25, 0.3) is 0 Å². The molecule has 3 aromatic carbocycles. The molecule has 172 valence electrons. The molecule has 34 heavy (non-hydrogen) atoms. The van der Waals surface area contributed by atoms with Crippen LogP contribution in [0.15, 0.2) is 48.7 Å². The molecule has 0 atom stereocenters. The van der Waals surface area contributed by atoms with Crippen molar-refractivity contribution >= 4 is 62.3 Å². The Kier molecular flexibility index (Phi) is 4.60. The molecule has 0 saturated heterocycles. The molecule has 0 aliphatic heterocycles. The van der Waals surface area contributed by atoms with E-state index in [1.54, 1.807) is 12.1 Å². The number of rotatable bonds is 4. The van der Waals surface area contributed by atoms with Crippen LogP contribution in [0, 0.1) is 19.7 Å². The van der Waals surface area contributed by atoms with Crippen LogP contribution in [0.3, 0.4) is 0 Å². The number of benzene rings is 3. The SMILES string of the molecule is CC[Si](CC)(CC)c1cc2cc[n+](C)c3c4c(C)c(C)cc5c6ccc(F)cc6n(c(c1)c23)c54. The molecule has 0 bridgehead atoms. The predicted molar refractivity (Wildman–Crippen MR) is 146 cm³/mol. The largest absolute Gasteiger partial charge is 0.307 e. The zero-order valence-electron chi connectivity index (χ0n) is 21.0. The van der Waals surface area contributed by atoms with E-state index in [2.05, 4.69) is 81.1 Å². The molecule has 0 aliphatic carbocycles. The summed E-state index contributed by atoms with van der Waals surface area (Å²) in [6.07, 6.45) is 2.21. The summed E-state index contributed by atoms with van der Waals surface area (Å²) in [4.78, 5) is 0. The molecule has 6 aromatic rings. The lowest BCUT2D eigenvalue weighted by atomic mass is 9.96. The van der Waals surface area contributed by atoms with Crippen LogP contribution in [0.25, 0.3) is 49.0 Å². The molecule has 0 saturated carbocycles. The Hall–Kier alpha value is -2.98. The van der Waals surface area contributed by atoms with Crippen molar-refractivity contribution in [3.63, 3.8) is 0 Å². The molecule has 0 radical (unpaired) electrons. The Bertz CT molecular complexity index is 1750. The van der Waals surface area contributed by atoms with Gasteiger partial charge in [0.1, 0.15) is 12.9 Å². The Morgan fingerprint density at radius 2 is 1.59 bits per heavy atom. The van der Waals surface area contributed by atoms with Crippen molar-refractivity contribution in [3.05, 3.63) is 65.6 Å². The minimum Gasteiger partial charge on any atom is -0.307 e. The van der Waals surface area contributed by atoms with E-state index in [0.29, 0.717) is 0 Å². The first-order chi connectivity index (χ1) is 16.3. The normalized spacial score (nSPS) is 12.9. The number of aromatic nitrogens is 2. The second kappa shape index (κ2) is 7.26. The second-order valence-corrected chi connectivity index (χ2v) is 15.4. The van der Waals surface area contributed by atoms with Crippen molar-refractivity contribution in [2.24, 2.45) is 7.05 Å². The first-order valence-corrected chi connectivity index (χ1v) is 15.2. The lowest BCUT2D eigenvalue weighted by molar-refractivity contribution is -0.643. The summed E-state index contributed by atoms with van der Waals surface area (Å²) in [6.45, 7) is 11.5. The Balaban J connectivity index is 2.00. The van der Waals surface area contributed by atoms with Gasteiger partial charge in [0, 0.05) is 16.8 Å². The number of fused-ring (bicyclic) bond motifs is 5. The van der Waals surface area contributed by atoms with Crippen LogP contribution < -0.4 is 9.75 Å². The van der Waals surface area contributed by atoms with E-state index in [1.807, 2.05) is 6.07 Å². The number of halogens is 1. The number of hydrogen-bond donors (Lipinski definition) is 0. The van der Waals surface area contributed by atoms with Crippen molar-refractivity contribution in [3.8, 4) is 0 Å². The van der Waals surface area contributed by atoms with Crippen LogP contribution in [0.4, 0.5) is 4.39 Å². The zero-order valence-corrected chi connectivity index (χ0v) is 22.0. The highest BCUT2D eigenvalue weighted by Crippen LogP contribution is 2.41. The Morgan fingerprint density at radius 1 is 0.853 bits per heavy atom. The Morgan fingerprint density at radius 3 is 2.29 bits per heavy atom. The van der Waals surface area contributed by atoms with Gasteiger partial charge in [-0.1, -0.05) is 50.2 Å². The summed E-state index contributed by atoms with van der Waals surface area (Å²) in [5.74, 6) is -0.183. The fraction of sp³-hybridized carbons (Fsp3) is 0.300. The third-order valence-corrected chi connectivity index (χ3v) is 14.4. The molecule has 4 heteroatoms. The standard InChI is InChI=1S/C30H32FN2Si/c1-7-34(8-2,9-3)22-15-20-12-13-32(6)30-27-19(5)18(4)14-24-23-11-10-21(31)16-25(23)33(29(24)27)26(17-22)28(20)30/h10-17H,7-9H2,1-6H3/q+1. The molecule has 0 spiro atoms. The van der Waals surface area contributed by atoms with Crippen molar-refractivity contribution in [2.45, 2.75) is 52.8 Å². The summed E-state index contributed by atoms with van der Waals surface area (Å²) in [5, 5.41) is 7.73. The zero-order chi connectivity index (χ0) is 23.9. The quantitative estimate of drug-likeness (QED) is 0.111. The fourth-order valence-corrected chi connectivity index (χ4v) is 10.2. The average Bonchev–Trinajstić information content (AvgIpc) is 3.15. The molecule has 0 amide bonds. The van der Waals surface area contributed by atoms with Gasteiger partial charge in [-0.3, -0.25) is 0 Å². The highest BCUT2D eigenvalue weighted by atomic mass is 28.3. The van der Waals surface area contributed by atoms with Crippen LogP contribution >= 0.6 is 0 Å². The summed E-state index contributed by atoms with van der Waals surface area (Å²) >= 11 is 0. The molecule has 2 nitrogen and oxygen atoms in total. The second-order valence-electron chi connectivity index (χ2n) is 10.2. The highest BCUT2D eigenvalue weighted by Gasteiger charge is 2.32. The third kappa shape index (κ3) is 2.58. The lowest BCUT2D eigenvalue weighted by Crippen LogP contribution is -2.45. The molecule has 3 heterocycles. The first kappa shape index (κ1) is 21.5. The molecular formula is C30H32FN2Si+. The monoisotopic (exact) mass is 467 g/mol. The van der Waals surface area contributed by atoms with E-state index in [1.165, 1.54) is 72.5 Å². The van der Waals surface area contributed by atoms with Gasteiger partial charge in [-0.05, 0) is 60.7 Å². The third-order valence-electron chi connectivity index (χ3n) is 8.87. The van der Waals surface area contributed by atoms with E-state index in [9.17, 15) is 4.39 Å². The maximum atomic E-state index is 14.6. The minimum absolute atomic E-state index is 0.183. The fourth-order valence-electron chi connectivity index (χ4n) is 6.55. The summed E-state index contributed by atoms with van der Waals surface area (Å²) in [6, 6.07) is 18.5. The minimum atomic E-state index is -1.61. The smallest absolute Gasteiger partial charge is 0.224 e. The van der Waals surface area contributed by atoms with Crippen LogP contribution in [0.2, 0.25) is 18.1 Å². The Labute approximate surface area is 201 Å². The molecule has 0 aliphatic rings. The van der Waals surface area contributed by atoms with Crippen molar-refractivity contribution in [1.82, 2.24) is 4.40 Å². The molecule has 0 unspecified atom stereocenters. The first-order valence-electron chi connectivity index (χ1n) is 12.6. The summed E-state index contributed by atoms with van der Waals surface area (Å²) < 4.78 is 19.3. The van der Waals surface area contributed by atoms with E-state index in [0.717, 1.165) is 10.9 Å². The predicted octanol–water partition coefficient (Wildman–Crippen LogP) is 7.29. The molecule has 0 fully saturated rings. The van der Waals surface area contributed by atoms with E-state index in [-0.39, 0.29) is 5.82 Å². The van der Waals surface area contributed by atoms with Gasteiger partial charge >= 0.3 is 0 Å². The van der Waals surface area contributed by atoms with Crippen molar-refractivity contribution < 1.29 is 8.96 Å². The van der Waals surface area contributed by atoms with Crippen LogP contribution in [0.5, 0.6) is 0 Å². The molecule has 0 N–H and O–H groups in total. The van der Waals surface area contributed by atoms with Crippen molar-refractivity contribution in [1.29, 1.82) is 0 Å². The molecule has 3 aromatic heterocycles. The number of pyridine rings is 2. The number of hydrogen-bond acceptors (Lipinski definition) is 0. The van der Waals surface area contributed by atoms with Crippen LogP contribution in [-0.4, -0.2) is 12.5 Å². The lowest BCUT2D eigenvalue weighted by Gasteiger charge is -2.29. The van der Waals surface area contributed by atoms with Gasteiger partial charge in [0.15, 0.2) is 6.20 Å². The topological polar surface area (TPSA) is 8.29 Å². The maximum Gasteiger partial charge on any atom is 0.224 e. The van der Waals surface area contributed by atoms with E-state index in [4.69, 9.17) is 0 Å². The van der Waals surface area contributed by atoms with Gasteiger partial charge in [-0.25, -0.2) is 8.96 Å². The van der Waals surface area contributed by atoms with E-state index < -0.39 is 8.07 Å². The summed E-state index contributed by atoms with van der Waals surface area (Å²) in [5.41, 5.74) is 7.25. The van der Waals surface area contributed by atoms with Gasteiger partial charge in [0.05, 0.1) is 35.4 Å².